The molecular formula is C16H12N2. The van der Waals surface area contributed by atoms with Gasteiger partial charge in [0.1, 0.15) is 0 Å². The van der Waals surface area contributed by atoms with E-state index in [0.29, 0.717) is 11.1 Å². The molecule has 0 saturated heterocycles. The lowest BCUT2D eigenvalue weighted by Gasteiger charge is -1.96. The van der Waals surface area contributed by atoms with Gasteiger partial charge in [0.25, 0.3) is 0 Å². The number of rotatable bonds is 1. The van der Waals surface area contributed by atoms with E-state index >= 15 is 0 Å². The van der Waals surface area contributed by atoms with Crippen LogP contribution in [-0.4, -0.2) is 0 Å². The highest BCUT2D eigenvalue weighted by molar-refractivity contribution is 5.61. The Labute approximate surface area is 107 Å². The van der Waals surface area contributed by atoms with Crippen LogP contribution in [0.1, 0.15) is 13.8 Å². The molecule has 0 bridgehead atoms. The first-order valence-electron chi connectivity index (χ1n) is 5.67. The smallest absolute Gasteiger partial charge is 0.0991 e. The van der Waals surface area contributed by atoms with Crippen molar-refractivity contribution in [2.75, 3.05) is 0 Å². The molecule has 0 aromatic carbocycles. The van der Waals surface area contributed by atoms with E-state index in [0.717, 1.165) is 22.3 Å². The first kappa shape index (κ1) is 11.9. The summed E-state index contributed by atoms with van der Waals surface area (Å²) in [5.74, 6) is 0. The molecule has 86 valence electrons. The fourth-order valence-electron chi connectivity index (χ4n) is 1.95. The average Bonchev–Trinajstić information content (AvgIpc) is 2.90. The van der Waals surface area contributed by atoms with Gasteiger partial charge in [0.15, 0.2) is 0 Å². The van der Waals surface area contributed by atoms with Crippen LogP contribution in [0.4, 0.5) is 0 Å². The molecule has 18 heavy (non-hydrogen) atoms. The van der Waals surface area contributed by atoms with Crippen molar-refractivity contribution in [3.05, 3.63) is 69.9 Å². The first-order chi connectivity index (χ1) is 8.63. The van der Waals surface area contributed by atoms with Crippen molar-refractivity contribution in [2.45, 2.75) is 13.8 Å². The van der Waals surface area contributed by atoms with Crippen LogP contribution in [0.2, 0.25) is 0 Å². The number of hydrogen-bond acceptors (Lipinski definition) is 2. The van der Waals surface area contributed by atoms with Crippen LogP contribution in [0.25, 0.3) is 0 Å². The van der Waals surface area contributed by atoms with E-state index in [9.17, 15) is 0 Å². The fraction of sp³-hybridized carbons (Fsp3) is 0.125. The Balaban J connectivity index is 2.29. The van der Waals surface area contributed by atoms with Crippen molar-refractivity contribution in [2.24, 2.45) is 0 Å². The second-order valence-electron chi connectivity index (χ2n) is 4.32. The van der Waals surface area contributed by atoms with Crippen LogP contribution in [0.15, 0.2) is 69.9 Å². The van der Waals surface area contributed by atoms with Gasteiger partial charge >= 0.3 is 0 Å². The van der Waals surface area contributed by atoms with E-state index in [-0.39, 0.29) is 0 Å². The normalized spacial score (nSPS) is 22.2. The topological polar surface area (TPSA) is 47.6 Å². The Morgan fingerprint density at radius 3 is 1.44 bits per heavy atom. The molecule has 0 aromatic heterocycles. The third kappa shape index (κ3) is 2.24. The van der Waals surface area contributed by atoms with Crippen LogP contribution in [0.3, 0.4) is 0 Å². The first-order valence-corrected chi connectivity index (χ1v) is 5.67. The second-order valence-corrected chi connectivity index (χ2v) is 4.32. The van der Waals surface area contributed by atoms with Crippen LogP contribution < -0.4 is 0 Å². The van der Waals surface area contributed by atoms with Crippen molar-refractivity contribution < 1.29 is 0 Å². The van der Waals surface area contributed by atoms with Gasteiger partial charge in [-0.15, -0.1) is 0 Å². The molecule has 2 rings (SSSR count). The summed E-state index contributed by atoms with van der Waals surface area (Å²) < 4.78 is 0. The van der Waals surface area contributed by atoms with E-state index < -0.39 is 0 Å². The lowest BCUT2D eigenvalue weighted by atomic mass is 10.1. The molecule has 0 saturated carbocycles. The Kier molecular flexibility index (Phi) is 3.13. The summed E-state index contributed by atoms with van der Waals surface area (Å²) >= 11 is 0. The number of nitriles is 2. The summed E-state index contributed by atoms with van der Waals surface area (Å²) in [6.07, 6.45) is 11.5. The standard InChI is InChI=1S/C16H12N2/c1-11-5-13(9-17)7-15(11)3-4-16-8-14(10-18)6-12(16)2/h3-8H,1-2H3/b15-3-,16-4+. The number of allylic oxidation sites excluding steroid dienone is 12. The lowest BCUT2D eigenvalue weighted by molar-refractivity contribution is 1.44. The summed E-state index contributed by atoms with van der Waals surface area (Å²) in [6, 6.07) is 4.27. The summed E-state index contributed by atoms with van der Waals surface area (Å²) in [5.41, 5.74) is 5.64. The van der Waals surface area contributed by atoms with E-state index in [1.807, 2.05) is 50.3 Å². The minimum atomic E-state index is 0.684. The van der Waals surface area contributed by atoms with Crippen LogP contribution >= 0.6 is 0 Å². The molecule has 0 amide bonds. The molecule has 0 aliphatic heterocycles. The van der Waals surface area contributed by atoms with Gasteiger partial charge in [-0.1, -0.05) is 12.2 Å². The Morgan fingerprint density at radius 1 is 0.778 bits per heavy atom. The third-order valence-electron chi connectivity index (χ3n) is 2.98. The molecule has 0 atom stereocenters. The molecule has 0 fully saturated rings. The SMILES string of the molecule is CC1=CC(C#N)=C/C1=C/C=C1\C=C(C#N)C=C1C. The second kappa shape index (κ2) is 4.73. The molecule has 2 aliphatic rings. The largest absolute Gasteiger partial charge is 0.192 e. The maximum absolute atomic E-state index is 8.83. The van der Waals surface area contributed by atoms with Gasteiger partial charge < -0.3 is 0 Å². The quantitative estimate of drug-likeness (QED) is 0.692. The average molecular weight is 232 g/mol. The highest BCUT2D eigenvalue weighted by Crippen LogP contribution is 2.26. The van der Waals surface area contributed by atoms with Gasteiger partial charge in [0.05, 0.1) is 23.3 Å². The predicted molar refractivity (Wildman–Crippen MR) is 71.1 cm³/mol. The lowest BCUT2D eigenvalue weighted by Crippen LogP contribution is -1.77. The van der Waals surface area contributed by atoms with Crippen molar-refractivity contribution in [1.29, 1.82) is 10.5 Å². The highest BCUT2D eigenvalue weighted by atomic mass is 14.3. The highest BCUT2D eigenvalue weighted by Gasteiger charge is 2.09. The monoisotopic (exact) mass is 232 g/mol. The summed E-state index contributed by atoms with van der Waals surface area (Å²) in [5, 5.41) is 17.7. The minimum absolute atomic E-state index is 0.684. The predicted octanol–water partition coefficient (Wildman–Crippen LogP) is 3.66. The zero-order chi connectivity index (χ0) is 13.1. The maximum Gasteiger partial charge on any atom is 0.0991 e. The molecule has 0 spiro atoms. The Morgan fingerprint density at radius 2 is 1.17 bits per heavy atom. The van der Waals surface area contributed by atoms with Gasteiger partial charge in [-0.3, -0.25) is 0 Å². The molecular weight excluding hydrogens is 220 g/mol. The van der Waals surface area contributed by atoms with Gasteiger partial charge in [0.2, 0.25) is 0 Å². The number of nitrogens with zero attached hydrogens (tertiary/aromatic N) is 2. The van der Waals surface area contributed by atoms with Crippen molar-refractivity contribution in [3.8, 4) is 12.1 Å². The molecule has 0 unspecified atom stereocenters. The molecule has 0 heterocycles. The van der Waals surface area contributed by atoms with Crippen molar-refractivity contribution >= 4 is 0 Å². The van der Waals surface area contributed by atoms with Crippen LogP contribution in [0.5, 0.6) is 0 Å². The zero-order valence-corrected chi connectivity index (χ0v) is 10.4. The summed E-state index contributed by atoms with van der Waals surface area (Å²) in [6.45, 7) is 3.97. The van der Waals surface area contributed by atoms with E-state index in [1.165, 1.54) is 0 Å². The van der Waals surface area contributed by atoms with Gasteiger partial charge in [-0.25, -0.2) is 0 Å². The van der Waals surface area contributed by atoms with E-state index in [1.54, 1.807) is 0 Å². The molecule has 0 radical (unpaired) electrons. The minimum Gasteiger partial charge on any atom is -0.192 e. The number of hydrogen-bond donors (Lipinski definition) is 0. The molecule has 2 heteroatoms. The van der Waals surface area contributed by atoms with Gasteiger partial charge in [0, 0.05) is 0 Å². The zero-order valence-electron chi connectivity index (χ0n) is 10.4. The summed E-state index contributed by atoms with van der Waals surface area (Å²) in [7, 11) is 0. The molecule has 0 N–H and O–H groups in total. The maximum atomic E-state index is 8.83. The molecule has 0 aromatic rings. The Hall–Kier alpha value is -2.58. The van der Waals surface area contributed by atoms with E-state index in [2.05, 4.69) is 12.1 Å². The van der Waals surface area contributed by atoms with E-state index in [4.69, 9.17) is 10.5 Å². The van der Waals surface area contributed by atoms with Crippen LogP contribution in [0, 0.1) is 22.7 Å². The molecule has 2 nitrogen and oxygen atoms in total. The summed E-state index contributed by atoms with van der Waals surface area (Å²) in [4.78, 5) is 0. The Bertz CT molecular complexity index is 603. The molecule has 2 aliphatic carbocycles. The van der Waals surface area contributed by atoms with Crippen LogP contribution in [-0.2, 0) is 0 Å². The van der Waals surface area contributed by atoms with Gasteiger partial charge in [-0.05, 0) is 60.4 Å². The van der Waals surface area contributed by atoms with Crippen molar-refractivity contribution in [3.63, 3.8) is 0 Å². The van der Waals surface area contributed by atoms with Gasteiger partial charge in [-0.2, -0.15) is 10.5 Å². The third-order valence-corrected chi connectivity index (χ3v) is 2.98. The van der Waals surface area contributed by atoms with Crippen molar-refractivity contribution in [1.82, 2.24) is 0 Å². The fourth-order valence-corrected chi connectivity index (χ4v) is 1.95.